The van der Waals surface area contributed by atoms with Crippen LogP contribution in [-0.2, 0) is 6.42 Å². The van der Waals surface area contributed by atoms with Crippen molar-refractivity contribution in [2.75, 3.05) is 32.7 Å². The summed E-state index contributed by atoms with van der Waals surface area (Å²) < 4.78 is 0. The molecule has 1 aromatic heterocycles. The van der Waals surface area contributed by atoms with Crippen molar-refractivity contribution in [2.45, 2.75) is 46.1 Å². The van der Waals surface area contributed by atoms with Gasteiger partial charge in [-0.2, -0.15) is 0 Å². The van der Waals surface area contributed by atoms with E-state index in [2.05, 4.69) is 65.7 Å². The Balaban J connectivity index is 0.00000261. The van der Waals surface area contributed by atoms with Crippen molar-refractivity contribution >= 4 is 40.8 Å². The molecule has 1 unspecified atom stereocenters. The standard InChI is InChI=1S/C21H33N5.HI/c1-4-22-21(25-15-18-9-7-13-26(18)5-2)23-12-11-17-14-24-20-16(3)8-6-10-19(17)20;/h6,8,10,14,18,24H,4-5,7,9,11-13,15H2,1-3H3,(H2,22,23,25);1H. The number of para-hydroxylation sites is 1. The minimum atomic E-state index is 0. The van der Waals surface area contributed by atoms with E-state index in [9.17, 15) is 0 Å². The Morgan fingerprint density at radius 2 is 2.15 bits per heavy atom. The molecule has 0 aliphatic carbocycles. The summed E-state index contributed by atoms with van der Waals surface area (Å²) in [6, 6.07) is 7.09. The van der Waals surface area contributed by atoms with E-state index in [0.29, 0.717) is 6.04 Å². The van der Waals surface area contributed by atoms with Crippen molar-refractivity contribution in [3.63, 3.8) is 0 Å². The lowest BCUT2D eigenvalue weighted by atomic mass is 10.1. The van der Waals surface area contributed by atoms with Gasteiger partial charge in [-0.05, 0) is 57.3 Å². The number of aliphatic imine (C=N–C) groups is 1. The molecule has 1 aliphatic rings. The zero-order chi connectivity index (χ0) is 18.4. The van der Waals surface area contributed by atoms with Crippen molar-refractivity contribution in [3.8, 4) is 0 Å². The molecule has 6 heteroatoms. The number of fused-ring (bicyclic) bond motifs is 1. The molecular formula is C21H34IN5. The second-order valence-electron chi connectivity index (χ2n) is 7.13. The summed E-state index contributed by atoms with van der Waals surface area (Å²) in [6.45, 7) is 11.5. The third-order valence-electron chi connectivity index (χ3n) is 5.41. The Morgan fingerprint density at radius 1 is 1.30 bits per heavy atom. The van der Waals surface area contributed by atoms with Gasteiger partial charge in [-0.3, -0.25) is 9.89 Å². The number of H-pyrrole nitrogens is 1. The van der Waals surface area contributed by atoms with Gasteiger partial charge in [-0.25, -0.2) is 0 Å². The fourth-order valence-corrected chi connectivity index (χ4v) is 3.94. The molecule has 3 N–H and O–H groups in total. The van der Waals surface area contributed by atoms with Crippen LogP contribution in [0.5, 0.6) is 0 Å². The first kappa shape index (κ1) is 22.0. The van der Waals surface area contributed by atoms with Crippen LogP contribution in [0.3, 0.4) is 0 Å². The lowest BCUT2D eigenvalue weighted by Gasteiger charge is -2.21. The molecule has 3 rings (SSSR count). The van der Waals surface area contributed by atoms with E-state index in [1.54, 1.807) is 0 Å². The molecule has 0 radical (unpaired) electrons. The number of likely N-dealkylation sites (tertiary alicyclic amines) is 1. The van der Waals surface area contributed by atoms with Gasteiger partial charge in [0.2, 0.25) is 0 Å². The molecule has 0 bridgehead atoms. The van der Waals surface area contributed by atoms with Crippen molar-refractivity contribution in [3.05, 3.63) is 35.5 Å². The smallest absolute Gasteiger partial charge is 0.191 e. The summed E-state index contributed by atoms with van der Waals surface area (Å²) in [7, 11) is 0. The maximum absolute atomic E-state index is 4.83. The van der Waals surface area contributed by atoms with E-state index in [-0.39, 0.29) is 24.0 Å². The van der Waals surface area contributed by atoms with Gasteiger partial charge in [0.15, 0.2) is 5.96 Å². The van der Waals surface area contributed by atoms with Gasteiger partial charge >= 0.3 is 0 Å². The zero-order valence-electron chi connectivity index (χ0n) is 16.8. The molecule has 5 nitrogen and oxygen atoms in total. The average Bonchev–Trinajstić information content (AvgIpc) is 3.27. The third-order valence-corrected chi connectivity index (χ3v) is 5.41. The molecule has 1 atom stereocenters. The number of aromatic amines is 1. The molecule has 1 aliphatic heterocycles. The van der Waals surface area contributed by atoms with Crippen LogP contribution in [0.25, 0.3) is 10.9 Å². The number of hydrogen-bond acceptors (Lipinski definition) is 2. The van der Waals surface area contributed by atoms with Gasteiger partial charge in [-0.15, -0.1) is 24.0 Å². The number of halogens is 1. The first-order chi connectivity index (χ1) is 12.7. The molecule has 27 heavy (non-hydrogen) atoms. The van der Waals surface area contributed by atoms with Gasteiger partial charge in [0.05, 0.1) is 6.54 Å². The molecule has 2 aromatic rings. The number of hydrogen-bond donors (Lipinski definition) is 3. The molecule has 1 aromatic carbocycles. The highest BCUT2D eigenvalue weighted by atomic mass is 127. The molecule has 0 amide bonds. The van der Waals surface area contributed by atoms with E-state index < -0.39 is 0 Å². The highest BCUT2D eigenvalue weighted by Gasteiger charge is 2.22. The van der Waals surface area contributed by atoms with E-state index in [0.717, 1.165) is 38.6 Å². The van der Waals surface area contributed by atoms with E-state index in [1.807, 2.05) is 0 Å². The molecule has 2 heterocycles. The molecule has 0 spiro atoms. The Hall–Kier alpha value is -1.28. The maximum atomic E-state index is 4.83. The number of nitrogens with zero attached hydrogens (tertiary/aromatic N) is 2. The number of benzene rings is 1. The predicted molar refractivity (Wildman–Crippen MR) is 126 cm³/mol. The van der Waals surface area contributed by atoms with Crippen LogP contribution in [0.4, 0.5) is 0 Å². The van der Waals surface area contributed by atoms with Crippen molar-refractivity contribution in [1.29, 1.82) is 0 Å². The summed E-state index contributed by atoms with van der Waals surface area (Å²) in [4.78, 5) is 10.8. The second-order valence-corrected chi connectivity index (χ2v) is 7.13. The lowest BCUT2D eigenvalue weighted by Crippen LogP contribution is -2.40. The molecule has 0 saturated carbocycles. The van der Waals surface area contributed by atoms with Crippen LogP contribution in [-0.4, -0.2) is 54.6 Å². The minimum Gasteiger partial charge on any atom is -0.361 e. The highest BCUT2D eigenvalue weighted by Crippen LogP contribution is 2.21. The monoisotopic (exact) mass is 483 g/mol. The second kappa shape index (κ2) is 10.9. The topological polar surface area (TPSA) is 55.5 Å². The van der Waals surface area contributed by atoms with Crippen LogP contribution >= 0.6 is 24.0 Å². The quantitative estimate of drug-likeness (QED) is 0.320. The SMILES string of the molecule is CCNC(=NCC1CCCN1CC)NCCc1c[nH]c2c(C)cccc12.I. The fourth-order valence-electron chi connectivity index (χ4n) is 3.94. The van der Waals surface area contributed by atoms with Gasteiger partial charge < -0.3 is 15.6 Å². The molecular weight excluding hydrogens is 449 g/mol. The van der Waals surface area contributed by atoms with Gasteiger partial charge in [0.1, 0.15) is 0 Å². The van der Waals surface area contributed by atoms with Gasteiger partial charge in [0, 0.05) is 36.2 Å². The Labute approximate surface area is 180 Å². The Morgan fingerprint density at radius 3 is 2.93 bits per heavy atom. The number of aryl methyl sites for hydroxylation is 1. The number of likely N-dealkylation sites (N-methyl/N-ethyl adjacent to an activating group) is 1. The van der Waals surface area contributed by atoms with Gasteiger partial charge in [-0.1, -0.05) is 25.1 Å². The van der Waals surface area contributed by atoms with Crippen molar-refractivity contribution < 1.29 is 0 Å². The normalized spacial score (nSPS) is 17.9. The van der Waals surface area contributed by atoms with E-state index in [4.69, 9.17) is 4.99 Å². The lowest BCUT2D eigenvalue weighted by molar-refractivity contribution is 0.273. The molecule has 1 saturated heterocycles. The Bertz CT molecular complexity index is 739. The van der Waals surface area contributed by atoms with Crippen molar-refractivity contribution in [1.82, 2.24) is 20.5 Å². The predicted octanol–water partition coefficient (Wildman–Crippen LogP) is 3.68. The van der Waals surface area contributed by atoms with Crippen LogP contribution in [0.15, 0.2) is 29.4 Å². The fraction of sp³-hybridized carbons (Fsp3) is 0.571. The summed E-state index contributed by atoms with van der Waals surface area (Å²) >= 11 is 0. The highest BCUT2D eigenvalue weighted by molar-refractivity contribution is 14.0. The summed E-state index contributed by atoms with van der Waals surface area (Å²) in [6.07, 6.45) is 5.70. The number of nitrogens with one attached hydrogen (secondary N) is 3. The van der Waals surface area contributed by atoms with Crippen LogP contribution < -0.4 is 10.6 Å². The Kier molecular flexibility index (Phi) is 8.89. The summed E-state index contributed by atoms with van der Waals surface area (Å²) in [5, 5.41) is 8.21. The summed E-state index contributed by atoms with van der Waals surface area (Å²) in [5.74, 6) is 0.937. The van der Waals surface area contributed by atoms with Crippen molar-refractivity contribution in [2.24, 2.45) is 4.99 Å². The summed E-state index contributed by atoms with van der Waals surface area (Å²) in [5.41, 5.74) is 3.91. The number of rotatable bonds is 7. The van der Waals surface area contributed by atoms with Crippen LogP contribution in [0.1, 0.15) is 37.8 Å². The number of aromatic nitrogens is 1. The third kappa shape index (κ3) is 5.60. The van der Waals surface area contributed by atoms with E-state index >= 15 is 0 Å². The van der Waals surface area contributed by atoms with Crippen LogP contribution in [0, 0.1) is 6.92 Å². The largest absolute Gasteiger partial charge is 0.361 e. The average molecular weight is 483 g/mol. The molecule has 1 fully saturated rings. The minimum absolute atomic E-state index is 0. The maximum Gasteiger partial charge on any atom is 0.191 e. The van der Waals surface area contributed by atoms with Gasteiger partial charge in [0.25, 0.3) is 0 Å². The molecule has 150 valence electrons. The first-order valence-electron chi connectivity index (χ1n) is 10.0. The number of guanidine groups is 1. The first-order valence-corrected chi connectivity index (χ1v) is 10.0. The van der Waals surface area contributed by atoms with Crippen LogP contribution in [0.2, 0.25) is 0 Å². The zero-order valence-corrected chi connectivity index (χ0v) is 19.2. The van der Waals surface area contributed by atoms with E-state index in [1.165, 1.54) is 41.4 Å².